The third kappa shape index (κ3) is 3.29. The first kappa shape index (κ1) is 13.0. The first-order valence-electron chi connectivity index (χ1n) is 6.63. The molecule has 0 aromatic carbocycles. The molecule has 0 spiro atoms. The number of nitrogens with one attached hydrogen (secondary N) is 1. The molecule has 1 aromatic rings. The Morgan fingerprint density at radius 1 is 1.39 bits per heavy atom. The molecule has 0 saturated carbocycles. The van der Waals surface area contributed by atoms with E-state index in [2.05, 4.69) is 24.1 Å². The summed E-state index contributed by atoms with van der Waals surface area (Å²) in [6.45, 7) is 5.95. The number of carbonyl (C=O) groups is 1. The van der Waals surface area contributed by atoms with Gasteiger partial charge in [0.15, 0.2) is 0 Å². The Bertz CT molecular complexity index is 383. The summed E-state index contributed by atoms with van der Waals surface area (Å²) in [5.41, 5.74) is 0.549. The molecule has 2 heterocycles. The van der Waals surface area contributed by atoms with Crippen LogP contribution in [0.1, 0.15) is 37.2 Å². The summed E-state index contributed by atoms with van der Waals surface area (Å²) < 4.78 is 0. The van der Waals surface area contributed by atoms with E-state index in [1.54, 1.807) is 12.3 Å². The molecule has 4 nitrogen and oxygen atoms in total. The molecule has 4 heteroatoms. The zero-order valence-corrected chi connectivity index (χ0v) is 11.1. The lowest BCUT2D eigenvalue weighted by Gasteiger charge is -2.33. The predicted molar refractivity (Wildman–Crippen MR) is 71.4 cm³/mol. The van der Waals surface area contributed by atoms with E-state index < -0.39 is 0 Å². The Hall–Kier alpha value is -1.42. The summed E-state index contributed by atoms with van der Waals surface area (Å²) in [4.78, 5) is 18.2. The zero-order chi connectivity index (χ0) is 13.0. The van der Waals surface area contributed by atoms with Crippen molar-refractivity contribution in [3.63, 3.8) is 0 Å². The van der Waals surface area contributed by atoms with Gasteiger partial charge in [0, 0.05) is 31.4 Å². The number of nitrogens with zero attached hydrogens (tertiary/aromatic N) is 2. The smallest absolute Gasteiger partial charge is 0.272 e. The zero-order valence-electron chi connectivity index (χ0n) is 11.1. The first-order valence-corrected chi connectivity index (χ1v) is 6.63. The molecule has 0 unspecified atom stereocenters. The van der Waals surface area contributed by atoms with Crippen LogP contribution >= 0.6 is 0 Å². The van der Waals surface area contributed by atoms with Crippen LogP contribution in [0.25, 0.3) is 0 Å². The predicted octanol–water partition coefficient (Wildman–Crippen LogP) is 1.68. The molecule has 0 radical (unpaired) electrons. The molecule has 1 saturated heterocycles. The second kappa shape index (κ2) is 5.96. The fourth-order valence-electron chi connectivity index (χ4n) is 2.37. The summed E-state index contributed by atoms with van der Waals surface area (Å²) in [6.07, 6.45) is 3.72. The topological polar surface area (TPSA) is 45.2 Å². The highest BCUT2D eigenvalue weighted by Crippen LogP contribution is 2.13. The van der Waals surface area contributed by atoms with E-state index in [0.29, 0.717) is 17.8 Å². The SMILES string of the molecule is CC(C)NC1CCN(C(=O)c2ccccn2)CC1. The van der Waals surface area contributed by atoms with Gasteiger partial charge in [-0.1, -0.05) is 19.9 Å². The molecule has 1 aromatic heterocycles. The Labute approximate surface area is 108 Å². The van der Waals surface area contributed by atoms with Gasteiger partial charge in [0.2, 0.25) is 0 Å². The minimum absolute atomic E-state index is 0.0543. The van der Waals surface area contributed by atoms with Gasteiger partial charge in [0.25, 0.3) is 5.91 Å². The third-order valence-corrected chi connectivity index (χ3v) is 3.24. The van der Waals surface area contributed by atoms with Crippen molar-refractivity contribution in [2.75, 3.05) is 13.1 Å². The van der Waals surface area contributed by atoms with E-state index in [1.807, 2.05) is 17.0 Å². The number of amides is 1. The van der Waals surface area contributed by atoms with Crippen LogP contribution in [0.3, 0.4) is 0 Å². The highest BCUT2D eigenvalue weighted by Gasteiger charge is 2.24. The van der Waals surface area contributed by atoms with E-state index in [0.717, 1.165) is 25.9 Å². The number of piperidine rings is 1. The molecule has 0 aliphatic carbocycles. The molecule has 2 rings (SSSR count). The summed E-state index contributed by atoms with van der Waals surface area (Å²) >= 11 is 0. The van der Waals surface area contributed by atoms with E-state index in [4.69, 9.17) is 0 Å². The minimum atomic E-state index is 0.0543. The average molecular weight is 247 g/mol. The molecule has 1 fully saturated rings. The Morgan fingerprint density at radius 2 is 2.11 bits per heavy atom. The van der Waals surface area contributed by atoms with Crippen LogP contribution in [-0.2, 0) is 0 Å². The number of likely N-dealkylation sites (tertiary alicyclic amines) is 1. The molecule has 18 heavy (non-hydrogen) atoms. The minimum Gasteiger partial charge on any atom is -0.337 e. The summed E-state index contributed by atoms with van der Waals surface area (Å²) in [5.74, 6) is 0.0543. The fourth-order valence-corrected chi connectivity index (χ4v) is 2.37. The molecule has 98 valence electrons. The van der Waals surface area contributed by atoms with E-state index >= 15 is 0 Å². The number of aromatic nitrogens is 1. The molecule has 1 aliphatic rings. The van der Waals surface area contributed by atoms with Crippen LogP contribution in [0.2, 0.25) is 0 Å². The Balaban J connectivity index is 1.88. The van der Waals surface area contributed by atoms with Crippen molar-refractivity contribution in [2.45, 2.75) is 38.8 Å². The first-order chi connectivity index (χ1) is 8.66. The van der Waals surface area contributed by atoms with Crippen LogP contribution in [0.4, 0.5) is 0 Å². The summed E-state index contributed by atoms with van der Waals surface area (Å²) in [6, 6.07) is 6.51. The Kier molecular flexibility index (Phi) is 4.31. The van der Waals surface area contributed by atoms with Crippen LogP contribution in [0, 0.1) is 0 Å². The van der Waals surface area contributed by atoms with Gasteiger partial charge in [0.1, 0.15) is 5.69 Å². The van der Waals surface area contributed by atoms with Gasteiger partial charge >= 0.3 is 0 Å². The highest BCUT2D eigenvalue weighted by molar-refractivity contribution is 5.92. The maximum atomic E-state index is 12.2. The van der Waals surface area contributed by atoms with Crippen molar-refractivity contribution in [1.29, 1.82) is 0 Å². The van der Waals surface area contributed by atoms with Gasteiger partial charge in [-0.3, -0.25) is 9.78 Å². The molecule has 1 N–H and O–H groups in total. The van der Waals surface area contributed by atoms with Gasteiger partial charge in [-0.2, -0.15) is 0 Å². The molecule has 0 bridgehead atoms. The van der Waals surface area contributed by atoms with Crippen molar-refractivity contribution in [3.05, 3.63) is 30.1 Å². The number of carbonyl (C=O) groups excluding carboxylic acids is 1. The lowest BCUT2D eigenvalue weighted by Crippen LogP contribution is -2.46. The average Bonchev–Trinajstić information content (AvgIpc) is 2.39. The maximum Gasteiger partial charge on any atom is 0.272 e. The maximum absolute atomic E-state index is 12.2. The second-order valence-corrected chi connectivity index (χ2v) is 5.10. The molecular formula is C14H21N3O. The van der Waals surface area contributed by atoms with Crippen molar-refractivity contribution < 1.29 is 4.79 Å². The van der Waals surface area contributed by atoms with Crippen molar-refractivity contribution >= 4 is 5.91 Å². The van der Waals surface area contributed by atoms with Crippen LogP contribution in [0.5, 0.6) is 0 Å². The lowest BCUT2D eigenvalue weighted by molar-refractivity contribution is 0.0697. The van der Waals surface area contributed by atoms with E-state index in [1.165, 1.54) is 0 Å². The largest absolute Gasteiger partial charge is 0.337 e. The van der Waals surface area contributed by atoms with Gasteiger partial charge in [0.05, 0.1) is 0 Å². The van der Waals surface area contributed by atoms with Crippen LogP contribution in [-0.4, -0.2) is 41.0 Å². The second-order valence-electron chi connectivity index (χ2n) is 5.10. The third-order valence-electron chi connectivity index (χ3n) is 3.24. The molecular weight excluding hydrogens is 226 g/mol. The van der Waals surface area contributed by atoms with Gasteiger partial charge in [-0.15, -0.1) is 0 Å². The number of pyridine rings is 1. The standard InChI is InChI=1S/C14H21N3O/c1-11(2)16-12-6-9-17(10-7-12)14(18)13-5-3-4-8-15-13/h3-5,8,11-12,16H,6-7,9-10H2,1-2H3. The molecule has 1 amide bonds. The van der Waals surface area contributed by atoms with Gasteiger partial charge in [-0.25, -0.2) is 0 Å². The lowest BCUT2D eigenvalue weighted by atomic mass is 10.0. The van der Waals surface area contributed by atoms with E-state index in [-0.39, 0.29) is 5.91 Å². The summed E-state index contributed by atoms with van der Waals surface area (Å²) in [5, 5.41) is 3.53. The molecule has 0 atom stereocenters. The number of rotatable bonds is 3. The van der Waals surface area contributed by atoms with E-state index in [9.17, 15) is 4.79 Å². The van der Waals surface area contributed by atoms with Crippen LogP contribution in [0.15, 0.2) is 24.4 Å². The van der Waals surface area contributed by atoms with Crippen molar-refractivity contribution in [2.24, 2.45) is 0 Å². The van der Waals surface area contributed by atoms with Gasteiger partial charge in [-0.05, 0) is 25.0 Å². The Morgan fingerprint density at radius 3 is 2.67 bits per heavy atom. The van der Waals surface area contributed by atoms with Crippen LogP contribution < -0.4 is 5.32 Å². The quantitative estimate of drug-likeness (QED) is 0.884. The number of hydrogen-bond donors (Lipinski definition) is 1. The monoisotopic (exact) mass is 247 g/mol. The van der Waals surface area contributed by atoms with Gasteiger partial charge < -0.3 is 10.2 Å². The number of hydrogen-bond acceptors (Lipinski definition) is 3. The van der Waals surface area contributed by atoms with Crippen molar-refractivity contribution in [1.82, 2.24) is 15.2 Å². The summed E-state index contributed by atoms with van der Waals surface area (Å²) in [7, 11) is 0. The highest BCUT2D eigenvalue weighted by atomic mass is 16.2. The fraction of sp³-hybridized carbons (Fsp3) is 0.571. The molecule has 1 aliphatic heterocycles. The van der Waals surface area contributed by atoms with Crippen molar-refractivity contribution in [3.8, 4) is 0 Å². The normalized spacial score (nSPS) is 17.2.